The molecule has 1 aromatic heterocycles. The van der Waals surface area contributed by atoms with Gasteiger partial charge in [-0.25, -0.2) is 4.98 Å². The van der Waals surface area contributed by atoms with Crippen LogP contribution in [0.15, 0.2) is 55.1 Å². The number of nitrogens with zero attached hydrogens (tertiary/aromatic N) is 2. The van der Waals surface area contributed by atoms with E-state index in [0.29, 0.717) is 33.3 Å². The van der Waals surface area contributed by atoms with Gasteiger partial charge in [0.1, 0.15) is 11.5 Å². The van der Waals surface area contributed by atoms with E-state index in [-0.39, 0.29) is 5.75 Å². The number of alkyl halides is 2. The van der Waals surface area contributed by atoms with Gasteiger partial charge in [0, 0.05) is 16.1 Å². The zero-order valence-electron chi connectivity index (χ0n) is 14.0. The van der Waals surface area contributed by atoms with Crippen molar-refractivity contribution < 1.29 is 18.3 Å². The third kappa shape index (κ3) is 2.23. The maximum atomic E-state index is 13.0. The molecular formula is C20H13ClF2N2O2. The lowest BCUT2D eigenvalue weighted by atomic mass is 9.94. The predicted molar refractivity (Wildman–Crippen MR) is 98.0 cm³/mol. The van der Waals surface area contributed by atoms with Crippen molar-refractivity contribution in [1.82, 2.24) is 9.55 Å². The first-order valence-corrected chi connectivity index (χ1v) is 8.63. The van der Waals surface area contributed by atoms with E-state index in [2.05, 4.69) is 18.1 Å². The molecule has 0 spiro atoms. The van der Waals surface area contributed by atoms with Crippen molar-refractivity contribution >= 4 is 28.4 Å². The van der Waals surface area contributed by atoms with Crippen LogP contribution in [-0.4, -0.2) is 16.2 Å². The average molecular weight is 387 g/mol. The van der Waals surface area contributed by atoms with Crippen LogP contribution < -0.4 is 4.74 Å². The number of benzene rings is 2. The first-order chi connectivity index (χ1) is 13.0. The van der Waals surface area contributed by atoms with Gasteiger partial charge in [0.2, 0.25) is 0 Å². The van der Waals surface area contributed by atoms with Gasteiger partial charge in [0.15, 0.2) is 11.9 Å². The van der Waals surface area contributed by atoms with Crippen LogP contribution >= 0.6 is 11.6 Å². The first-order valence-electron chi connectivity index (χ1n) is 8.25. The molecule has 0 saturated heterocycles. The second kappa shape index (κ2) is 5.57. The molecule has 3 heterocycles. The molecule has 5 rings (SSSR count). The summed E-state index contributed by atoms with van der Waals surface area (Å²) >= 11 is 6.18. The summed E-state index contributed by atoms with van der Waals surface area (Å²) in [5, 5.41) is 0.553. The Labute approximate surface area is 158 Å². The molecule has 0 aliphatic carbocycles. The Balaban J connectivity index is 1.84. The zero-order valence-corrected chi connectivity index (χ0v) is 14.7. The summed E-state index contributed by atoms with van der Waals surface area (Å²) in [6.45, 7) is 5.18. The van der Waals surface area contributed by atoms with Gasteiger partial charge in [-0.3, -0.25) is 0 Å². The van der Waals surface area contributed by atoms with Crippen LogP contribution in [0.1, 0.15) is 29.1 Å². The van der Waals surface area contributed by atoms with Gasteiger partial charge >= 0.3 is 6.61 Å². The van der Waals surface area contributed by atoms with Crippen LogP contribution in [0, 0.1) is 0 Å². The Hall–Kier alpha value is -2.86. The average Bonchev–Trinajstić information content (AvgIpc) is 3.05. The fourth-order valence-electron chi connectivity index (χ4n) is 3.93. The van der Waals surface area contributed by atoms with Gasteiger partial charge in [0.05, 0.1) is 17.1 Å². The summed E-state index contributed by atoms with van der Waals surface area (Å²) in [5.74, 6) is 1.08. The Morgan fingerprint density at radius 2 is 2.04 bits per heavy atom. The lowest BCUT2D eigenvalue weighted by Gasteiger charge is -2.22. The SMILES string of the molecule is C=C1O[C@@H]2C(=C)[C@H](c3c(OC(F)F)cccc31)n1c2nc2ccc(Cl)cc21. The molecule has 27 heavy (non-hydrogen) atoms. The van der Waals surface area contributed by atoms with E-state index >= 15 is 0 Å². The minimum Gasteiger partial charge on any atom is -0.478 e. The molecular weight excluding hydrogens is 374 g/mol. The summed E-state index contributed by atoms with van der Waals surface area (Å²) < 4.78 is 38.8. The lowest BCUT2D eigenvalue weighted by molar-refractivity contribution is -0.0506. The molecule has 0 amide bonds. The standard InChI is InChI=1S/C20H13ClF2N2O2/c1-9-17-16-12(4-3-5-15(16)27-20(22)23)10(2)26-18(9)19-24-13-7-6-11(21)8-14(13)25(17)19/h3-8,17-18,20H,1-2H2/t17-,18-/m1/s1. The van der Waals surface area contributed by atoms with Crippen molar-refractivity contribution in [3.05, 3.63) is 77.1 Å². The topological polar surface area (TPSA) is 36.3 Å². The monoisotopic (exact) mass is 386 g/mol. The van der Waals surface area contributed by atoms with Crippen molar-refractivity contribution in [3.63, 3.8) is 0 Å². The zero-order chi connectivity index (χ0) is 18.9. The molecule has 4 nitrogen and oxygen atoms in total. The largest absolute Gasteiger partial charge is 0.478 e. The molecule has 2 bridgehead atoms. The van der Waals surface area contributed by atoms with E-state index < -0.39 is 18.8 Å². The highest BCUT2D eigenvalue weighted by atomic mass is 35.5. The van der Waals surface area contributed by atoms with Crippen molar-refractivity contribution in [2.75, 3.05) is 0 Å². The van der Waals surface area contributed by atoms with Gasteiger partial charge < -0.3 is 14.0 Å². The molecule has 0 unspecified atom stereocenters. The van der Waals surface area contributed by atoms with Gasteiger partial charge in [-0.15, -0.1) is 0 Å². The summed E-state index contributed by atoms with van der Waals surface area (Å²) in [6.07, 6.45) is -0.527. The predicted octanol–water partition coefficient (Wildman–Crippen LogP) is 5.49. The minimum atomic E-state index is -2.95. The second-order valence-electron chi connectivity index (χ2n) is 6.47. The number of rotatable bonds is 2. The van der Waals surface area contributed by atoms with Gasteiger partial charge in [0.25, 0.3) is 0 Å². The van der Waals surface area contributed by atoms with E-state index in [0.717, 1.165) is 11.0 Å². The fraction of sp³-hybridized carbons (Fsp3) is 0.150. The van der Waals surface area contributed by atoms with Crippen LogP contribution in [0.5, 0.6) is 5.75 Å². The third-order valence-electron chi connectivity index (χ3n) is 4.98. The van der Waals surface area contributed by atoms with E-state index in [1.807, 2.05) is 10.6 Å². The number of ether oxygens (including phenoxy) is 2. The lowest BCUT2D eigenvalue weighted by Crippen LogP contribution is -2.13. The maximum Gasteiger partial charge on any atom is 0.387 e. The highest BCUT2D eigenvalue weighted by Crippen LogP contribution is 2.54. The molecule has 2 aliphatic heterocycles. The second-order valence-corrected chi connectivity index (χ2v) is 6.90. The van der Waals surface area contributed by atoms with Crippen LogP contribution in [0.4, 0.5) is 8.78 Å². The van der Waals surface area contributed by atoms with Crippen molar-refractivity contribution in [3.8, 4) is 5.75 Å². The summed E-state index contributed by atoms with van der Waals surface area (Å²) in [6, 6.07) is 9.81. The molecule has 2 aliphatic rings. The maximum absolute atomic E-state index is 13.0. The Morgan fingerprint density at radius 1 is 1.22 bits per heavy atom. The van der Waals surface area contributed by atoms with Crippen LogP contribution in [0.25, 0.3) is 16.8 Å². The number of imidazole rings is 1. The molecule has 7 heteroatoms. The molecule has 0 radical (unpaired) electrons. The van der Waals surface area contributed by atoms with Gasteiger partial charge in [-0.1, -0.05) is 36.9 Å². The minimum absolute atomic E-state index is 0.0655. The van der Waals surface area contributed by atoms with Crippen molar-refractivity contribution in [2.45, 2.75) is 18.8 Å². The van der Waals surface area contributed by atoms with Crippen molar-refractivity contribution in [1.29, 1.82) is 0 Å². The third-order valence-corrected chi connectivity index (χ3v) is 5.21. The summed E-state index contributed by atoms with van der Waals surface area (Å²) in [7, 11) is 0. The van der Waals surface area contributed by atoms with E-state index in [9.17, 15) is 8.78 Å². The molecule has 0 fully saturated rings. The fourth-order valence-corrected chi connectivity index (χ4v) is 4.10. The van der Waals surface area contributed by atoms with E-state index in [1.54, 1.807) is 24.3 Å². The smallest absolute Gasteiger partial charge is 0.387 e. The molecule has 2 atom stereocenters. The highest BCUT2D eigenvalue weighted by Gasteiger charge is 2.45. The Morgan fingerprint density at radius 3 is 2.81 bits per heavy atom. The Bertz CT molecular complexity index is 1140. The Kier molecular flexibility index (Phi) is 3.37. The van der Waals surface area contributed by atoms with E-state index in [1.165, 1.54) is 6.07 Å². The summed E-state index contributed by atoms with van der Waals surface area (Å²) in [5.41, 5.74) is 3.34. The van der Waals surface area contributed by atoms with Gasteiger partial charge in [-0.05, 0) is 29.8 Å². The van der Waals surface area contributed by atoms with E-state index in [4.69, 9.17) is 21.1 Å². The van der Waals surface area contributed by atoms with Crippen LogP contribution in [0.2, 0.25) is 5.02 Å². The number of hydrogen-bond acceptors (Lipinski definition) is 3. The molecule has 0 N–H and O–H groups in total. The quantitative estimate of drug-likeness (QED) is 0.546. The number of fused-ring (bicyclic) bond motifs is 9. The molecule has 136 valence electrons. The van der Waals surface area contributed by atoms with Crippen molar-refractivity contribution in [2.24, 2.45) is 0 Å². The normalized spacial score (nSPS) is 20.4. The number of halogens is 3. The molecule has 3 aromatic rings. The molecule has 2 aromatic carbocycles. The van der Waals surface area contributed by atoms with Gasteiger partial charge in [-0.2, -0.15) is 8.78 Å². The van der Waals surface area contributed by atoms with Crippen LogP contribution in [-0.2, 0) is 4.74 Å². The number of aromatic nitrogens is 2. The summed E-state index contributed by atoms with van der Waals surface area (Å²) in [4.78, 5) is 4.66. The first kappa shape index (κ1) is 16.3. The number of hydrogen-bond donors (Lipinski definition) is 0. The highest BCUT2D eigenvalue weighted by molar-refractivity contribution is 6.31. The van der Waals surface area contributed by atoms with Crippen LogP contribution in [0.3, 0.4) is 0 Å². The molecule has 0 saturated carbocycles.